The quantitative estimate of drug-likeness (QED) is 0.534. The standard InChI is InChI=1S/C16H12IN5/c17-13-10-19-22-15-8-12(6-7-14(15)20-21-16(13)22)18-9-11-4-2-1-3-5-11/h1-8,10,18H,9H2. The second-order valence-corrected chi connectivity index (χ2v) is 6.13. The molecule has 0 fully saturated rings. The van der Waals surface area contributed by atoms with Crippen LogP contribution in [0, 0.1) is 3.57 Å². The van der Waals surface area contributed by atoms with Crippen molar-refractivity contribution in [1.29, 1.82) is 0 Å². The van der Waals surface area contributed by atoms with Gasteiger partial charge >= 0.3 is 0 Å². The monoisotopic (exact) mass is 401 g/mol. The van der Waals surface area contributed by atoms with Crippen LogP contribution in [-0.2, 0) is 6.54 Å². The minimum Gasteiger partial charge on any atom is -0.381 e. The minimum atomic E-state index is 0.782. The Morgan fingerprint density at radius 3 is 2.77 bits per heavy atom. The Morgan fingerprint density at radius 2 is 1.91 bits per heavy atom. The van der Waals surface area contributed by atoms with Crippen LogP contribution in [0.1, 0.15) is 5.56 Å². The average molecular weight is 401 g/mol. The van der Waals surface area contributed by atoms with Crippen LogP contribution < -0.4 is 5.32 Å². The maximum atomic E-state index is 4.38. The summed E-state index contributed by atoms with van der Waals surface area (Å²) in [6.07, 6.45) is 1.80. The van der Waals surface area contributed by atoms with Crippen LogP contribution in [-0.4, -0.2) is 19.8 Å². The molecule has 4 rings (SSSR count). The summed E-state index contributed by atoms with van der Waals surface area (Å²) in [4.78, 5) is 0. The zero-order chi connectivity index (χ0) is 14.9. The van der Waals surface area contributed by atoms with Gasteiger partial charge in [-0.25, -0.2) is 4.52 Å². The van der Waals surface area contributed by atoms with Crippen molar-refractivity contribution >= 4 is 45.0 Å². The molecule has 2 aromatic heterocycles. The van der Waals surface area contributed by atoms with Gasteiger partial charge in [-0.2, -0.15) is 5.10 Å². The first-order valence-corrected chi connectivity index (χ1v) is 7.96. The molecule has 0 spiro atoms. The highest BCUT2D eigenvalue weighted by Crippen LogP contribution is 2.20. The second-order valence-electron chi connectivity index (χ2n) is 4.97. The van der Waals surface area contributed by atoms with Crippen molar-refractivity contribution in [3.05, 3.63) is 63.9 Å². The van der Waals surface area contributed by atoms with Gasteiger partial charge in [0.1, 0.15) is 5.52 Å². The smallest absolute Gasteiger partial charge is 0.191 e. The summed E-state index contributed by atoms with van der Waals surface area (Å²) >= 11 is 2.22. The maximum Gasteiger partial charge on any atom is 0.191 e. The number of nitrogens with zero attached hydrogens (tertiary/aromatic N) is 4. The summed E-state index contributed by atoms with van der Waals surface area (Å²) in [5.74, 6) is 0. The van der Waals surface area contributed by atoms with Crippen LogP contribution >= 0.6 is 22.6 Å². The average Bonchev–Trinajstić information content (AvgIpc) is 2.95. The fourth-order valence-corrected chi connectivity index (χ4v) is 2.84. The minimum absolute atomic E-state index is 0.782. The number of rotatable bonds is 3. The number of halogens is 1. The van der Waals surface area contributed by atoms with Crippen LogP contribution in [0.2, 0.25) is 0 Å². The SMILES string of the molecule is Ic1cnn2c1nnc1ccc(NCc3ccccc3)cc12. The van der Waals surface area contributed by atoms with E-state index in [0.29, 0.717) is 0 Å². The summed E-state index contributed by atoms with van der Waals surface area (Å²) in [5.41, 5.74) is 4.85. The van der Waals surface area contributed by atoms with Crippen LogP contribution in [0.15, 0.2) is 54.7 Å². The lowest BCUT2D eigenvalue weighted by Gasteiger charge is -2.08. The van der Waals surface area contributed by atoms with Gasteiger partial charge in [-0.15, -0.1) is 10.2 Å². The maximum absolute atomic E-state index is 4.38. The molecule has 108 valence electrons. The second kappa shape index (κ2) is 5.53. The highest BCUT2D eigenvalue weighted by molar-refractivity contribution is 14.1. The first-order valence-electron chi connectivity index (χ1n) is 6.89. The van der Waals surface area contributed by atoms with Gasteiger partial charge in [0, 0.05) is 12.2 Å². The molecule has 0 unspecified atom stereocenters. The molecule has 6 heteroatoms. The fourth-order valence-electron chi connectivity index (χ4n) is 2.38. The summed E-state index contributed by atoms with van der Waals surface area (Å²) < 4.78 is 2.83. The van der Waals surface area contributed by atoms with E-state index in [1.165, 1.54) is 5.56 Å². The first-order chi connectivity index (χ1) is 10.8. The lowest BCUT2D eigenvalue weighted by molar-refractivity contribution is 0.942. The molecule has 0 atom stereocenters. The van der Waals surface area contributed by atoms with E-state index in [9.17, 15) is 0 Å². The molecule has 0 bridgehead atoms. The zero-order valence-corrected chi connectivity index (χ0v) is 13.7. The molecular weight excluding hydrogens is 389 g/mol. The van der Waals surface area contributed by atoms with Gasteiger partial charge in [-0.3, -0.25) is 0 Å². The normalized spacial score (nSPS) is 11.1. The molecule has 0 amide bonds. The Bertz CT molecular complexity index is 949. The lowest BCUT2D eigenvalue weighted by Crippen LogP contribution is -2.01. The van der Waals surface area contributed by atoms with E-state index in [1.807, 2.05) is 34.8 Å². The topological polar surface area (TPSA) is 55.1 Å². The Morgan fingerprint density at radius 1 is 1.05 bits per heavy atom. The molecule has 5 nitrogen and oxygen atoms in total. The molecule has 0 aliphatic carbocycles. The first kappa shape index (κ1) is 13.4. The number of hydrogen-bond acceptors (Lipinski definition) is 4. The molecule has 4 aromatic rings. The molecule has 22 heavy (non-hydrogen) atoms. The molecule has 0 saturated heterocycles. The van der Waals surface area contributed by atoms with Crippen molar-refractivity contribution in [3.63, 3.8) is 0 Å². The number of nitrogens with one attached hydrogen (secondary N) is 1. The Labute approximate surface area is 140 Å². The summed E-state index contributed by atoms with van der Waals surface area (Å²) in [7, 11) is 0. The van der Waals surface area contributed by atoms with Crippen LogP contribution in [0.3, 0.4) is 0 Å². The predicted octanol–water partition coefficient (Wildman–Crippen LogP) is 3.49. The van der Waals surface area contributed by atoms with E-state index in [2.05, 4.69) is 61.4 Å². The predicted molar refractivity (Wildman–Crippen MR) is 94.8 cm³/mol. The highest BCUT2D eigenvalue weighted by atomic mass is 127. The number of benzene rings is 2. The van der Waals surface area contributed by atoms with E-state index < -0.39 is 0 Å². The van der Waals surface area contributed by atoms with E-state index in [0.717, 1.165) is 32.5 Å². The Balaban J connectivity index is 1.71. The van der Waals surface area contributed by atoms with Crippen LogP contribution in [0.25, 0.3) is 16.7 Å². The molecule has 0 aliphatic rings. The molecule has 2 heterocycles. The molecule has 2 aromatic carbocycles. The van der Waals surface area contributed by atoms with Crippen molar-refractivity contribution in [3.8, 4) is 0 Å². The van der Waals surface area contributed by atoms with E-state index in [4.69, 9.17) is 0 Å². The summed E-state index contributed by atoms with van der Waals surface area (Å²) in [6.45, 7) is 0.782. The van der Waals surface area contributed by atoms with Crippen molar-refractivity contribution in [2.24, 2.45) is 0 Å². The van der Waals surface area contributed by atoms with Crippen molar-refractivity contribution in [2.75, 3.05) is 5.32 Å². The van der Waals surface area contributed by atoms with Gasteiger partial charge in [0.25, 0.3) is 0 Å². The molecule has 1 N–H and O–H groups in total. The van der Waals surface area contributed by atoms with Gasteiger partial charge in [0.15, 0.2) is 5.65 Å². The third kappa shape index (κ3) is 2.39. The van der Waals surface area contributed by atoms with E-state index in [-0.39, 0.29) is 0 Å². The summed E-state index contributed by atoms with van der Waals surface area (Å²) in [6, 6.07) is 16.4. The molecular formula is C16H12IN5. The van der Waals surface area contributed by atoms with Crippen LogP contribution in [0.4, 0.5) is 5.69 Å². The van der Waals surface area contributed by atoms with E-state index in [1.54, 1.807) is 6.20 Å². The lowest BCUT2D eigenvalue weighted by atomic mass is 10.2. The number of hydrogen-bond donors (Lipinski definition) is 1. The van der Waals surface area contributed by atoms with Crippen LogP contribution in [0.5, 0.6) is 0 Å². The fraction of sp³-hybridized carbons (Fsp3) is 0.0625. The number of fused-ring (bicyclic) bond motifs is 3. The summed E-state index contributed by atoms with van der Waals surface area (Å²) in [5, 5.41) is 16.3. The van der Waals surface area contributed by atoms with Gasteiger partial charge in [-0.05, 0) is 46.4 Å². The van der Waals surface area contributed by atoms with Crippen molar-refractivity contribution in [1.82, 2.24) is 19.8 Å². The van der Waals surface area contributed by atoms with E-state index >= 15 is 0 Å². The van der Waals surface area contributed by atoms with Gasteiger partial charge < -0.3 is 5.32 Å². The van der Waals surface area contributed by atoms with Gasteiger partial charge in [-0.1, -0.05) is 30.3 Å². The van der Waals surface area contributed by atoms with Gasteiger partial charge in [0.05, 0.1) is 15.3 Å². The third-order valence-electron chi connectivity index (χ3n) is 3.50. The number of anilines is 1. The third-order valence-corrected chi connectivity index (χ3v) is 4.26. The highest BCUT2D eigenvalue weighted by Gasteiger charge is 2.08. The largest absolute Gasteiger partial charge is 0.381 e. The molecule has 0 radical (unpaired) electrons. The number of aromatic nitrogens is 4. The van der Waals surface area contributed by atoms with Crippen molar-refractivity contribution < 1.29 is 0 Å². The zero-order valence-electron chi connectivity index (χ0n) is 11.6. The Kier molecular flexibility index (Phi) is 3.38. The molecule has 0 saturated carbocycles. The van der Waals surface area contributed by atoms with Crippen molar-refractivity contribution in [2.45, 2.75) is 6.54 Å². The molecule has 0 aliphatic heterocycles. The Hall–Kier alpha value is -2.22. The van der Waals surface area contributed by atoms with Gasteiger partial charge in [0.2, 0.25) is 0 Å².